The molecule has 0 saturated heterocycles. The van der Waals surface area contributed by atoms with Gasteiger partial charge < -0.3 is 9.05 Å². The monoisotopic (exact) mass is 332 g/mol. The zero-order valence-corrected chi connectivity index (χ0v) is 14.9. The van der Waals surface area contributed by atoms with Crippen molar-refractivity contribution >= 4 is 18.7 Å². The lowest BCUT2D eigenvalue weighted by Crippen LogP contribution is -2.19. The molecule has 4 nitrogen and oxygen atoms in total. The van der Waals surface area contributed by atoms with Crippen LogP contribution in [0.5, 0.6) is 0 Å². The van der Waals surface area contributed by atoms with E-state index in [4.69, 9.17) is 9.05 Å². The summed E-state index contributed by atoms with van der Waals surface area (Å²) in [6.45, 7) is 5.80. The molecule has 0 aromatic heterocycles. The van der Waals surface area contributed by atoms with E-state index >= 15 is 0 Å². The topological polar surface area (TPSA) is 52.6 Å². The molecule has 0 N–H and O–H groups in total. The van der Waals surface area contributed by atoms with Crippen LogP contribution < -0.4 is 5.30 Å². The molecule has 0 aliphatic rings. The summed E-state index contributed by atoms with van der Waals surface area (Å²) < 4.78 is 22.9. The van der Waals surface area contributed by atoms with Crippen molar-refractivity contribution in [1.82, 2.24) is 0 Å². The molecule has 0 heterocycles. The first-order valence-corrected chi connectivity index (χ1v) is 8.82. The Balaban J connectivity index is 2.65. The van der Waals surface area contributed by atoms with E-state index in [-0.39, 0.29) is 11.1 Å². The summed E-state index contributed by atoms with van der Waals surface area (Å²) in [6, 6.07) is 10.7. The number of aryl methyl sites for hydroxylation is 3. The van der Waals surface area contributed by atoms with Gasteiger partial charge in [0.2, 0.25) is 0 Å². The standard InChI is InChI=1S/C18H21O4P/c1-12-10-13(2)17(14(3)11-12)18(19)15-8-6-7-9-16(15)23(20,21-4)22-5/h6-11H,1-5H3. The summed E-state index contributed by atoms with van der Waals surface area (Å²) in [5.74, 6) is -0.176. The molecule has 0 amide bonds. The van der Waals surface area contributed by atoms with E-state index in [9.17, 15) is 9.36 Å². The van der Waals surface area contributed by atoms with Gasteiger partial charge >= 0.3 is 7.60 Å². The normalized spacial score (nSPS) is 11.5. The first kappa shape index (κ1) is 17.6. The van der Waals surface area contributed by atoms with E-state index in [1.54, 1.807) is 24.3 Å². The van der Waals surface area contributed by atoms with Crippen LogP contribution in [0.3, 0.4) is 0 Å². The van der Waals surface area contributed by atoms with Crippen molar-refractivity contribution in [3.05, 3.63) is 64.2 Å². The van der Waals surface area contributed by atoms with Crippen molar-refractivity contribution in [1.29, 1.82) is 0 Å². The van der Waals surface area contributed by atoms with Crippen molar-refractivity contribution in [3.8, 4) is 0 Å². The van der Waals surface area contributed by atoms with Gasteiger partial charge in [0, 0.05) is 25.3 Å². The van der Waals surface area contributed by atoms with Gasteiger partial charge in [0.15, 0.2) is 5.78 Å². The van der Waals surface area contributed by atoms with Crippen molar-refractivity contribution in [3.63, 3.8) is 0 Å². The van der Waals surface area contributed by atoms with Crippen LogP contribution in [0.1, 0.15) is 32.6 Å². The van der Waals surface area contributed by atoms with E-state index in [1.165, 1.54) is 14.2 Å². The lowest BCUT2D eigenvalue weighted by Gasteiger charge is -2.18. The highest BCUT2D eigenvalue weighted by Crippen LogP contribution is 2.46. The van der Waals surface area contributed by atoms with Crippen molar-refractivity contribution in [2.45, 2.75) is 20.8 Å². The SMILES string of the molecule is COP(=O)(OC)c1ccccc1C(=O)c1c(C)cc(C)cc1C. The molecule has 2 rings (SSSR count). The third kappa shape index (κ3) is 3.30. The van der Waals surface area contributed by atoms with Crippen LogP contribution in [0.25, 0.3) is 0 Å². The molecule has 0 aliphatic heterocycles. The van der Waals surface area contributed by atoms with Crippen LogP contribution in [0.2, 0.25) is 0 Å². The van der Waals surface area contributed by atoms with Crippen molar-refractivity contribution in [2.24, 2.45) is 0 Å². The van der Waals surface area contributed by atoms with E-state index in [0.29, 0.717) is 11.1 Å². The minimum absolute atomic E-state index is 0.176. The van der Waals surface area contributed by atoms with E-state index < -0.39 is 7.60 Å². The second-order valence-corrected chi connectivity index (χ2v) is 7.69. The van der Waals surface area contributed by atoms with Gasteiger partial charge in [-0.05, 0) is 38.0 Å². The average molecular weight is 332 g/mol. The van der Waals surface area contributed by atoms with Crippen LogP contribution in [-0.2, 0) is 13.6 Å². The van der Waals surface area contributed by atoms with Gasteiger partial charge in [-0.1, -0.05) is 35.9 Å². The lowest BCUT2D eigenvalue weighted by molar-refractivity contribution is 0.103. The van der Waals surface area contributed by atoms with E-state index in [2.05, 4.69) is 0 Å². The van der Waals surface area contributed by atoms with E-state index in [1.807, 2.05) is 32.9 Å². The summed E-state index contributed by atoms with van der Waals surface area (Å²) in [5, 5.41) is 0.286. The second kappa shape index (κ2) is 6.79. The predicted octanol–water partition coefficient (Wildman–Crippen LogP) is 3.95. The maximum atomic E-state index is 13.1. The Morgan fingerprint density at radius 2 is 1.48 bits per heavy atom. The number of ketones is 1. The molecule has 122 valence electrons. The Hall–Kier alpha value is -1.74. The third-order valence-electron chi connectivity index (χ3n) is 3.83. The summed E-state index contributed by atoms with van der Waals surface area (Å²) in [7, 11) is -0.879. The summed E-state index contributed by atoms with van der Waals surface area (Å²) in [6.07, 6.45) is 0. The number of carbonyl (C=O) groups excluding carboxylic acids is 1. The highest BCUT2D eigenvalue weighted by Gasteiger charge is 2.30. The summed E-state index contributed by atoms with van der Waals surface area (Å²) in [4.78, 5) is 13.1. The minimum Gasteiger partial charge on any atom is -0.309 e. The Bertz CT molecular complexity index is 764. The van der Waals surface area contributed by atoms with Crippen LogP contribution in [0, 0.1) is 20.8 Å². The molecule has 0 bridgehead atoms. The van der Waals surface area contributed by atoms with Gasteiger partial charge in [-0.25, -0.2) is 0 Å². The second-order valence-electron chi connectivity index (χ2n) is 5.48. The average Bonchev–Trinajstić information content (AvgIpc) is 2.53. The Morgan fingerprint density at radius 1 is 0.957 bits per heavy atom. The molecule has 0 atom stereocenters. The highest BCUT2D eigenvalue weighted by atomic mass is 31.2. The van der Waals surface area contributed by atoms with Crippen LogP contribution in [-0.4, -0.2) is 20.0 Å². The molecular formula is C18H21O4P. The maximum absolute atomic E-state index is 13.1. The first-order chi connectivity index (χ1) is 10.8. The van der Waals surface area contributed by atoms with Crippen LogP contribution in [0.4, 0.5) is 0 Å². The molecule has 0 spiro atoms. The smallest absolute Gasteiger partial charge is 0.309 e. The van der Waals surface area contributed by atoms with Crippen molar-refractivity contribution in [2.75, 3.05) is 14.2 Å². The van der Waals surface area contributed by atoms with Gasteiger partial charge in [0.25, 0.3) is 0 Å². The quantitative estimate of drug-likeness (QED) is 0.614. The third-order valence-corrected chi connectivity index (χ3v) is 5.77. The summed E-state index contributed by atoms with van der Waals surface area (Å²) >= 11 is 0. The number of rotatable bonds is 5. The fourth-order valence-corrected chi connectivity index (χ4v) is 4.13. The molecule has 2 aromatic rings. The van der Waals surface area contributed by atoms with Gasteiger partial charge in [0.05, 0.1) is 5.30 Å². The number of hydrogen-bond acceptors (Lipinski definition) is 4. The number of carbonyl (C=O) groups is 1. The minimum atomic E-state index is -3.51. The Morgan fingerprint density at radius 3 is 2.00 bits per heavy atom. The molecule has 0 unspecified atom stereocenters. The molecule has 0 aliphatic carbocycles. The molecular weight excluding hydrogens is 311 g/mol. The maximum Gasteiger partial charge on any atom is 0.361 e. The molecule has 0 fully saturated rings. The van der Waals surface area contributed by atoms with Gasteiger partial charge in [-0.3, -0.25) is 9.36 Å². The van der Waals surface area contributed by atoms with E-state index in [0.717, 1.165) is 16.7 Å². The highest BCUT2D eigenvalue weighted by molar-refractivity contribution is 7.62. The molecule has 2 aromatic carbocycles. The zero-order chi connectivity index (χ0) is 17.2. The Kier molecular flexibility index (Phi) is 5.20. The lowest BCUT2D eigenvalue weighted by atomic mass is 9.93. The fourth-order valence-electron chi connectivity index (χ4n) is 2.85. The number of benzene rings is 2. The van der Waals surface area contributed by atoms with Gasteiger partial charge in [0.1, 0.15) is 0 Å². The zero-order valence-electron chi connectivity index (χ0n) is 14.0. The Labute approximate surface area is 137 Å². The van der Waals surface area contributed by atoms with Crippen LogP contribution in [0.15, 0.2) is 36.4 Å². The molecule has 23 heavy (non-hydrogen) atoms. The molecule has 0 radical (unpaired) electrons. The number of hydrogen-bond donors (Lipinski definition) is 0. The van der Waals surface area contributed by atoms with Gasteiger partial charge in [-0.2, -0.15) is 0 Å². The van der Waals surface area contributed by atoms with Gasteiger partial charge in [-0.15, -0.1) is 0 Å². The van der Waals surface area contributed by atoms with Crippen molar-refractivity contribution < 1.29 is 18.4 Å². The molecule has 0 saturated carbocycles. The largest absolute Gasteiger partial charge is 0.361 e. The predicted molar refractivity (Wildman–Crippen MR) is 91.8 cm³/mol. The van der Waals surface area contributed by atoms with Crippen LogP contribution >= 0.6 is 7.60 Å². The first-order valence-electron chi connectivity index (χ1n) is 7.27. The summed E-state index contributed by atoms with van der Waals surface area (Å²) in [5.41, 5.74) is 3.86. The fraction of sp³-hybridized carbons (Fsp3) is 0.278. The molecule has 5 heteroatoms.